The van der Waals surface area contributed by atoms with Crippen molar-refractivity contribution in [1.29, 1.82) is 0 Å². The average molecular weight is 225 g/mol. The number of methoxy groups -OCH3 is 1. The van der Waals surface area contributed by atoms with Gasteiger partial charge in [-0.25, -0.2) is 4.98 Å². The van der Waals surface area contributed by atoms with Crippen molar-refractivity contribution in [2.75, 3.05) is 7.11 Å². The summed E-state index contributed by atoms with van der Waals surface area (Å²) < 4.78 is 7.54. The number of hydrogen-bond donors (Lipinski definition) is 1. The van der Waals surface area contributed by atoms with E-state index >= 15 is 0 Å². The normalized spacial score (nSPS) is 14.1. The number of rotatable bonds is 6. The summed E-state index contributed by atoms with van der Waals surface area (Å²) in [5.41, 5.74) is 5.82. The van der Waals surface area contributed by atoms with Crippen LogP contribution in [0.4, 0.5) is 0 Å². The predicted octanol–water partition coefficient (Wildman–Crippen LogP) is 1.59. The summed E-state index contributed by atoms with van der Waals surface area (Å²) in [6, 6.07) is -0.0458. The molecule has 0 aliphatic rings. The molecule has 0 saturated carbocycles. The highest BCUT2D eigenvalue weighted by Crippen LogP contribution is 2.15. The molecule has 0 aliphatic heterocycles. The molecule has 2 N–H and O–H groups in total. The quantitative estimate of drug-likeness (QED) is 0.800. The second-order valence-electron chi connectivity index (χ2n) is 4.66. The number of aryl methyl sites for hydroxylation is 1. The average Bonchev–Trinajstić information content (AvgIpc) is 2.66. The van der Waals surface area contributed by atoms with Gasteiger partial charge in [0.25, 0.3) is 0 Å². The molecule has 1 heterocycles. The smallest absolute Gasteiger partial charge is 0.110 e. The zero-order valence-corrected chi connectivity index (χ0v) is 10.7. The molecule has 0 amide bonds. The molecule has 1 rings (SSSR count). The van der Waals surface area contributed by atoms with E-state index in [0.29, 0.717) is 0 Å². The van der Waals surface area contributed by atoms with Gasteiger partial charge in [0, 0.05) is 38.5 Å². The van der Waals surface area contributed by atoms with Crippen molar-refractivity contribution in [2.45, 2.75) is 51.8 Å². The van der Waals surface area contributed by atoms with Gasteiger partial charge in [-0.15, -0.1) is 0 Å². The molecule has 92 valence electrons. The van der Waals surface area contributed by atoms with E-state index < -0.39 is 0 Å². The minimum absolute atomic E-state index is 0.0458. The van der Waals surface area contributed by atoms with Crippen molar-refractivity contribution in [1.82, 2.24) is 9.55 Å². The van der Waals surface area contributed by atoms with Crippen LogP contribution >= 0.6 is 0 Å². The molecule has 0 aliphatic carbocycles. The summed E-state index contributed by atoms with van der Waals surface area (Å²) in [7, 11) is 1.69. The Bertz CT molecular complexity index is 320. The van der Waals surface area contributed by atoms with Crippen LogP contribution in [0.3, 0.4) is 0 Å². The molecule has 0 bridgehead atoms. The minimum Gasteiger partial charge on any atom is -0.377 e. The van der Waals surface area contributed by atoms with Crippen molar-refractivity contribution in [3.05, 3.63) is 18.2 Å². The van der Waals surface area contributed by atoms with Crippen LogP contribution in [0.2, 0.25) is 0 Å². The highest BCUT2D eigenvalue weighted by molar-refractivity contribution is 4.98. The fourth-order valence-corrected chi connectivity index (χ4v) is 1.57. The monoisotopic (exact) mass is 225 g/mol. The van der Waals surface area contributed by atoms with E-state index in [1.807, 2.05) is 26.2 Å². The lowest BCUT2D eigenvalue weighted by Gasteiger charge is -2.30. The van der Waals surface area contributed by atoms with Gasteiger partial charge in [0.15, 0.2) is 0 Å². The lowest BCUT2D eigenvalue weighted by Crippen LogP contribution is -2.46. The molecule has 1 aromatic rings. The third-order valence-electron chi connectivity index (χ3n) is 3.09. The Balaban J connectivity index is 2.69. The van der Waals surface area contributed by atoms with Crippen LogP contribution in [0.5, 0.6) is 0 Å². The summed E-state index contributed by atoms with van der Waals surface area (Å²) >= 11 is 0. The molecule has 0 spiro atoms. The van der Waals surface area contributed by atoms with Crippen molar-refractivity contribution in [3.8, 4) is 0 Å². The summed E-state index contributed by atoms with van der Waals surface area (Å²) in [5.74, 6) is 1.04. The Hall–Kier alpha value is -0.870. The number of aromatic nitrogens is 2. The number of nitrogens with two attached hydrogens (primary N) is 1. The molecule has 1 unspecified atom stereocenters. The van der Waals surface area contributed by atoms with Crippen molar-refractivity contribution in [2.24, 2.45) is 5.73 Å². The van der Waals surface area contributed by atoms with Gasteiger partial charge >= 0.3 is 0 Å². The van der Waals surface area contributed by atoms with Gasteiger partial charge < -0.3 is 15.0 Å². The first kappa shape index (κ1) is 13.2. The molecule has 4 nitrogen and oxygen atoms in total. The lowest BCUT2D eigenvalue weighted by atomic mass is 9.96. The lowest BCUT2D eigenvalue weighted by molar-refractivity contribution is 0.000152. The van der Waals surface area contributed by atoms with Crippen LogP contribution in [0.1, 0.15) is 33.0 Å². The van der Waals surface area contributed by atoms with Crippen LogP contribution in [0, 0.1) is 0 Å². The van der Waals surface area contributed by atoms with E-state index in [1.54, 1.807) is 7.11 Å². The zero-order chi connectivity index (χ0) is 12.2. The largest absolute Gasteiger partial charge is 0.377 e. The van der Waals surface area contributed by atoms with Crippen molar-refractivity contribution in [3.63, 3.8) is 0 Å². The Morgan fingerprint density at radius 1 is 1.56 bits per heavy atom. The van der Waals surface area contributed by atoms with Gasteiger partial charge in [-0.05, 0) is 20.3 Å². The maximum absolute atomic E-state index is 6.14. The number of hydrogen-bond acceptors (Lipinski definition) is 3. The molecule has 1 aromatic heterocycles. The van der Waals surface area contributed by atoms with Gasteiger partial charge in [0.1, 0.15) is 5.82 Å². The Morgan fingerprint density at radius 3 is 2.81 bits per heavy atom. The third kappa shape index (κ3) is 3.06. The van der Waals surface area contributed by atoms with Crippen LogP contribution in [0.15, 0.2) is 12.4 Å². The van der Waals surface area contributed by atoms with Gasteiger partial charge in [-0.1, -0.05) is 6.92 Å². The predicted molar refractivity (Wildman–Crippen MR) is 65.3 cm³/mol. The SMILES string of the molecule is CCCn1ccnc1CC(N)C(C)(C)OC. The van der Waals surface area contributed by atoms with Crippen LogP contribution in [-0.4, -0.2) is 28.3 Å². The fraction of sp³-hybridized carbons (Fsp3) is 0.750. The third-order valence-corrected chi connectivity index (χ3v) is 3.09. The molecule has 0 aromatic carbocycles. The van der Waals surface area contributed by atoms with E-state index in [0.717, 1.165) is 25.2 Å². The van der Waals surface area contributed by atoms with Crippen LogP contribution in [-0.2, 0) is 17.7 Å². The molecular formula is C12H23N3O. The van der Waals surface area contributed by atoms with E-state index in [9.17, 15) is 0 Å². The second kappa shape index (κ2) is 5.46. The number of ether oxygens (including phenoxy) is 1. The maximum atomic E-state index is 6.14. The highest BCUT2D eigenvalue weighted by Gasteiger charge is 2.27. The zero-order valence-electron chi connectivity index (χ0n) is 10.7. The molecule has 0 saturated heterocycles. The molecular weight excluding hydrogens is 202 g/mol. The van der Waals surface area contributed by atoms with E-state index in [2.05, 4.69) is 16.5 Å². The highest BCUT2D eigenvalue weighted by atomic mass is 16.5. The molecule has 4 heteroatoms. The summed E-state index contributed by atoms with van der Waals surface area (Å²) in [6.45, 7) is 7.16. The summed E-state index contributed by atoms with van der Waals surface area (Å²) in [5, 5.41) is 0. The minimum atomic E-state index is -0.316. The Kier molecular flexibility index (Phi) is 4.50. The number of nitrogens with zero attached hydrogens (tertiary/aromatic N) is 2. The van der Waals surface area contributed by atoms with Gasteiger partial charge in [0.2, 0.25) is 0 Å². The van der Waals surface area contributed by atoms with Crippen molar-refractivity contribution >= 4 is 0 Å². The fourth-order valence-electron chi connectivity index (χ4n) is 1.57. The number of imidazole rings is 1. The van der Waals surface area contributed by atoms with Crippen molar-refractivity contribution < 1.29 is 4.74 Å². The van der Waals surface area contributed by atoms with Crippen LogP contribution in [0.25, 0.3) is 0 Å². The topological polar surface area (TPSA) is 53.1 Å². The van der Waals surface area contributed by atoms with E-state index in [1.165, 1.54) is 0 Å². The molecule has 0 fully saturated rings. The first-order valence-electron chi connectivity index (χ1n) is 5.82. The first-order chi connectivity index (χ1) is 7.51. The van der Waals surface area contributed by atoms with Gasteiger partial charge in [0.05, 0.1) is 5.60 Å². The van der Waals surface area contributed by atoms with Crippen LogP contribution < -0.4 is 5.73 Å². The maximum Gasteiger partial charge on any atom is 0.110 e. The van der Waals surface area contributed by atoms with Gasteiger partial charge in [-0.3, -0.25) is 0 Å². The standard InChI is InChI=1S/C12H23N3O/c1-5-7-15-8-6-14-11(15)9-10(13)12(2,3)16-4/h6,8,10H,5,7,9,13H2,1-4H3. The van der Waals surface area contributed by atoms with Gasteiger partial charge in [-0.2, -0.15) is 0 Å². The Morgan fingerprint density at radius 2 is 2.25 bits per heavy atom. The molecule has 0 radical (unpaired) electrons. The first-order valence-corrected chi connectivity index (χ1v) is 5.82. The molecule has 16 heavy (non-hydrogen) atoms. The Labute approximate surface area is 97.8 Å². The second-order valence-corrected chi connectivity index (χ2v) is 4.66. The molecule has 1 atom stereocenters. The summed E-state index contributed by atoms with van der Waals surface area (Å²) in [6.07, 6.45) is 5.68. The van der Waals surface area contributed by atoms with E-state index in [4.69, 9.17) is 10.5 Å². The summed E-state index contributed by atoms with van der Waals surface area (Å²) in [4.78, 5) is 4.35. The van der Waals surface area contributed by atoms with E-state index in [-0.39, 0.29) is 11.6 Å².